The summed E-state index contributed by atoms with van der Waals surface area (Å²) in [6.07, 6.45) is -3.34. The van der Waals surface area contributed by atoms with E-state index in [0.717, 1.165) is 23.1 Å². The first-order valence-corrected chi connectivity index (χ1v) is 9.75. The third kappa shape index (κ3) is 3.98. The highest BCUT2D eigenvalue weighted by atomic mass is 32.1. The van der Waals surface area contributed by atoms with Gasteiger partial charge in [-0.3, -0.25) is 19.8 Å². The van der Waals surface area contributed by atoms with Crippen LogP contribution >= 0.6 is 12.2 Å². The lowest BCUT2D eigenvalue weighted by atomic mass is 10.0. The SMILES string of the molecule is CCOc1cc2c(cc1/C=C1\C(=O)NC(=S)N(c3cccc(C(F)(F)F)c3)C1=O)OCO2. The van der Waals surface area contributed by atoms with E-state index in [-0.39, 0.29) is 23.2 Å². The lowest BCUT2D eigenvalue weighted by molar-refractivity contribution is -0.137. The summed E-state index contributed by atoms with van der Waals surface area (Å²) in [5.41, 5.74) is -1.07. The lowest BCUT2D eigenvalue weighted by Crippen LogP contribution is -2.54. The molecular weight excluding hydrogens is 449 g/mol. The highest BCUT2D eigenvalue weighted by molar-refractivity contribution is 7.80. The van der Waals surface area contributed by atoms with Gasteiger partial charge in [-0.05, 0) is 49.5 Å². The first-order valence-electron chi connectivity index (χ1n) is 9.34. The maximum atomic E-state index is 13.1. The second-order valence-corrected chi connectivity index (χ2v) is 7.07. The Kier molecular flexibility index (Phi) is 5.51. The summed E-state index contributed by atoms with van der Waals surface area (Å²) in [5.74, 6) is -0.485. The zero-order chi connectivity index (χ0) is 23.0. The summed E-state index contributed by atoms with van der Waals surface area (Å²) in [4.78, 5) is 26.5. The molecule has 2 aliphatic rings. The van der Waals surface area contributed by atoms with E-state index in [0.29, 0.717) is 29.4 Å². The zero-order valence-electron chi connectivity index (χ0n) is 16.5. The van der Waals surface area contributed by atoms with Crippen molar-refractivity contribution in [1.29, 1.82) is 0 Å². The number of carbonyl (C=O) groups excluding carboxylic acids is 2. The van der Waals surface area contributed by atoms with Crippen molar-refractivity contribution < 1.29 is 37.0 Å². The van der Waals surface area contributed by atoms with Crippen LogP contribution in [0.2, 0.25) is 0 Å². The number of carbonyl (C=O) groups is 2. The Morgan fingerprint density at radius 2 is 1.91 bits per heavy atom. The van der Waals surface area contributed by atoms with Gasteiger partial charge >= 0.3 is 6.18 Å². The quantitative estimate of drug-likeness (QED) is 0.423. The molecule has 166 valence electrons. The van der Waals surface area contributed by atoms with Crippen LogP contribution in [0, 0.1) is 0 Å². The van der Waals surface area contributed by atoms with E-state index in [1.165, 1.54) is 12.1 Å². The Labute approximate surface area is 185 Å². The van der Waals surface area contributed by atoms with Crippen LogP contribution in [0.25, 0.3) is 6.08 Å². The van der Waals surface area contributed by atoms with Gasteiger partial charge in [-0.25, -0.2) is 0 Å². The molecule has 2 aromatic carbocycles. The van der Waals surface area contributed by atoms with Gasteiger partial charge in [0.25, 0.3) is 11.8 Å². The summed E-state index contributed by atoms with van der Waals surface area (Å²) < 4.78 is 55.6. The van der Waals surface area contributed by atoms with Gasteiger partial charge in [0.15, 0.2) is 16.6 Å². The molecular formula is C21H15F3N2O5S. The second-order valence-electron chi connectivity index (χ2n) is 6.68. The van der Waals surface area contributed by atoms with Crippen molar-refractivity contribution in [2.75, 3.05) is 18.3 Å². The van der Waals surface area contributed by atoms with Crippen LogP contribution in [0.1, 0.15) is 18.1 Å². The number of ether oxygens (including phenoxy) is 3. The monoisotopic (exact) mass is 464 g/mol. The van der Waals surface area contributed by atoms with E-state index < -0.39 is 23.6 Å². The summed E-state index contributed by atoms with van der Waals surface area (Å²) in [6, 6.07) is 7.21. The van der Waals surface area contributed by atoms with Crippen molar-refractivity contribution in [2.24, 2.45) is 0 Å². The highest BCUT2D eigenvalue weighted by Crippen LogP contribution is 2.39. The molecule has 0 bridgehead atoms. The smallest absolute Gasteiger partial charge is 0.416 e. The van der Waals surface area contributed by atoms with Crippen molar-refractivity contribution in [3.05, 3.63) is 53.1 Å². The van der Waals surface area contributed by atoms with E-state index in [1.54, 1.807) is 19.1 Å². The number of thiocarbonyl (C=S) groups is 1. The van der Waals surface area contributed by atoms with Crippen LogP contribution < -0.4 is 24.4 Å². The lowest BCUT2D eigenvalue weighted by Gasteiger charge is -2.29. The number of fused-ring (bicyclic) bond motifs is 1. The number of amides is 2. The maximum absolute atomic E-state index is 13.1. The number of hydrogen-bond donors (Lipinski definition) is 1. The van der Waals surface area contributed by atoms with Crippen molar-refractivity contribution in [1.82, 2.24) is 5.32 Å². The second kappa shape index (κ2) is 8.15. The standard InChI is InChI=1S/C21H15F3N2O5S/c1-2-29-15-9-17-16(30-10-31-17)7-11(15)6-14-18(27)25-20(32)26(19(14)28)13-5-3-4-12(8-13)21(22,23)24/h3-9H,2,10H2,1H3,(H,25,27,32)/b14-6+. The molecule has 2 aromatic rings. The van der Waals surface area contributed by atoms with Gasteiger partial charge in [0, 0.05) is 11.6 Å². The van der Waals surface area contributed by atoms with Gasteiger partial charge in [0.05, 0.1) is 17.9 Å². The summed E-state index contributed by atoms with van der Waals surface area (Å²) in [5, 5.41) is 2.02. The number of halogens is 3. The van der Waals surface area contributed by atoms with E-state index in [4.69, 9.17) is 26.4 Å². The fourth-order valence-corrected chi connectivity index (χ4v) is 3.48. The molecule has 32 heavy (non-hydrogen) atoms. The number of nitrogens with zero attached hydrogens (tertiary/aromatic N) is 1. The molecule has 1 fully saturated rings. The molecule has 11 heteroatoms. The number of alkyl halides is 3. The molecule has 0 atom stereocenters. The minimum Gasteiger partial charge on any atom is -0.493 e. The predicted molar refractivity (Wildman–Crippen MR) is 111 cm³/mol. The van der Waals surface area contributed by atoms with Crippen LogP contribution in [-0.4, -0.2) is 30.3 Å². The minimum absolute atomic E-state index is 0.0118. The number of benzene rings is 2. The number of anilines is 1. The van der Waals surface area contributed by atoms with Gasteiger partial charge < -0.3 is 14.2 Å². The molecule has 0 aromatic heterocycles. The molecule has 0 saturated carbocycles. The Balaban J connectivity index is 1.76. The van der Waals surface area contributed by atoms with E-state index in [2.05, 4.69) is 5.32 Å². The molecule has 2 aliphatic heterocycles. The number of rotatable bonds is 4. The van der Waals surface area contributed by atoms with Crippen molar-refractivity contribution in [3.63, 3.8) is 0 Å². The molecule has 7 nitrogen and oxygen atoms in total. The summed E-state index contributed by atoms with van der Waals surface area (Å²) in [6.45, 7) is 2.07. The molecule has 2 heterocycles. The van der Waals surface area contributed by atoms with Crippen molar-refractivity contribution in [3.8, 4) is 17.2 Å². The molecule has 0 unspecified atom stereocenters. The molecule has 0 radical (unpaired) electrons. The van der Waals surface area contributed by atoms with Gasteiger partial charge in [-0.2, -0.15) is 13.2 Å². The molecule has 4 rings (SSSR count). The van der Waals surface area contributed by atoms with E-state index in [1.807, 2.05) is 0 Å². The maximum Gasteiger partial charge on any atom is 0.416 e. The minimum atomic E-state index is -4.61. The zero-order valence-corrected chi connectivity index (χ0v) is 17.3. The predicted octanol–water partition coefficient (Wildman–Crippen LogP) is 3.66. The Morgan fingerprint density at radius 3 is 2.59 bits per heavy atom. The van der Waals surface area contributed by atoms with Gasteiger partial charge in [-0.15, -0.1) is 0 Å². The fourth-order valence-electron chi connectivity index (χ4n) is 3.20. The van der Waals surface area contributed by atoms with E-state index in [9.17, 15) is 22.8 Å². The largest absolute Gasteiger partial charge is 0.493 e. The van der Waals surface area contributed by atoms with Crippen molar-refractivity contribution >= 4 is 40.9 Å². The third-order valence-corrected chi connectivity index (χ3v) is 4.92. The van der Waals surface area contributed by atoms with Crippen LogP contribution in [0.15, 0.2) is 42.0 Å². The average molecular weight is 464 g/mol. The van der Waals surface area contributed by atoms with Crippen LogP contribution in [0.5, 0.6) is 17.2 Å². The molecule has 0 aliphatic carbocycles. The van der Waals surface area contributed by atoms with Crippen molar-refractivity contribution in [2.45, 2.75) is 13.1 Å². The average Bonchev–Trinajstić information content (AvgIpc) is 3.18. The highest BCUT2D eigenvalue weighted by Gasteiger charge is 2.37. The number of nitrogens with one attached hydrogen (secondary N) is 1. The summed E-state index contributed by atoms with van der Waals surface area (Å²) in [7, 11) is 0. The molecule has 0 spiro atoms. The molecule has 1 N–H and O–H groups in total. The normalized spacial score (nSPS) is 17.1. The van der Waals surface area contributed by atoms with Gasteiger partial charge in [0.1, 0.15) is 11.3 Å². The van der Waals surface area contributed by atoms with Crippen LogP contribution in [0.3, 0.4) is 0 Å². The van der Waals surface area contributed by atoms with E-state index >= 15 is 0 Å². The molecule has 1 saturated heterocycles. The Bertz CT molecular complexity index is 1160. The Morgan fingerprint density at radius 1 is 1.19 bits per heavy atom. The fraction of sp³-hybridized carbons (Fsp3) is 0.190. The number of hydrogen-bond acceptors (Lipinski definition) is 6. The topological polar surface area (TPSA) is 77.1 Å². The first-order chi connectivity index (χ1) is 15.2. The van der Waals surface area contributed by atoms with Crippen LogP contribution in [0.4, 0.5) is 18.9 Å². The first kappa shape index (κ1) is 21.6. The Hall–Kier alpha value is -3.60. The van der Waals surface area contributed by atoms with Gasteiger partial charge in [-0.1, -0.05) is 6.07 Å². The van der Waals surface area contributed by atoms with Crippen LogP contribution in [-0.2, 0) is 15.8 Å². The molecule has 2 amide bonds. The van der Waals surface area contributed by atoms with Gasteiger partial charge in [0.2, 0.25) is 6.79 Å². The summed E-state index contributed by atoms with van der Waals surface area (Å²) >= 11 is 5.05. The third-order valence-electron chi connectivity index (χ3n) is 4.64.